The van der Waals surface area contributed by atoms with E-state index in [1.807, 2.05) is 38.1 Å². The molecule has 17 heavy (non-hydrogen) atoms. The Labute approximate surface area is 108 Å². The minimum Gasteiger partial charge on any atom is -0.374 e. The van der Waals surface area contributed by atoms with Gasteiger partial charge in [-0.3, -0.25) is 11.3 Å². The number of hydrazine groups is 1. The summed E-state index contributed by atoms with van der Waals surface area (Å²) in [6.07, 6.45) is 0.848. The van der Waals surface area contributed by atoms with Crippen molar-refractivity contribution in [2.75, 3.05) is 6.61 Å². The number of benzene rings is 1. The topological polar surface area (TPSA) is 47.3 Å². The van der Waals surface area contributed by atoms with Gasteiger partial charge in [-0.15, -0.1) is 0 Å². The van der Waals surface area contributed by atoms with Crippen LogP contribution in [0.2, 0.25) is 5.02 Å². The minimum absolute atomic E-state index is 0.124. The van der Waals surface area contributed by atoms with Crippen molar-refractivity contribution in [3.05, 3.63) is 34.9 Å². The standard InChI is InChI=1S/C13H21ClN2O/c1-4-13(3,17-5-2)12(16-15)10-8-6-7-9-11(10)14/h6-9,12,16H,4-5,15H2,1-3H3. The normalized spacial score (nSPS) is 16.5. The van der Waals surface area contributed by atoms with E-state index in [0.717, 1.165) is 12.0 Å². The highest BCUT2D eigenvalue weighted by molar-refractivity contribution is 6.31. The molecule has 1 aromatic rings. The maximum Gasteiger partial charge on any atom is 0.0859 e. The van der Waals surface area contributed by atoms with Crippen LogP contribution in [-0.2, 0) is 4.74 Å². The van der Waals surface area contributed by atoms with Crippen LogP contribution in [0.25, 0.3) is 0 Å². The molecule has 2 atom stereocenters. The summed E-state index contributed by atoms with van der Waals surface area (Å²) in [7, 11) is 0. The zero-order valence-corrected chi connectivity index (χ0v) is 11.4. The lowest BCUT2D eigenvalue weighted by Crippen LogP contribution is -2.46. The Balaban J connectivity index is 3.09. The fourth-order valence-corrected chi connectivity index (χ4v) is 2.27. The summed E-state index contributed by atoms with van der Waals surface area (Å²) in [6, 6.07) is 7.57. The van der Waals surface area contributed by atoms with Gasteiger partial charge in [-0.1, -0.05) is 36.7 Å². The number of hydrogen-bond acceptors (Lipinski definition) is 3. The number of ether oxygens (including phenoxy) is 1. The van der Waals surface area contributed by atoms with Gasteiger partial charge in [-0.2, -0.15) is 0 Å². The predicted molar refractivity (Wildman–Crippen MR) is 71.8 cm³/mol. The molecule has 0 spiro atoms. The van der Waals surface area contributed by atoms with E-state index in [-0.39, 0.29) is 11.6 Å². The van der Waals surface area contributed by atoms with Crippen LogP contribution in [0.3, 0.4) is 0 Å². The molecule has 0 aromatic heterocycles. The second kappa shape index (κ2) is 6.36. The fourth-order valence-electron chi connectivity index (χ4n) is 2.02. The van der Waals surface area contributed by atoms with Crippen LogP contribution < -0.4 is 11.3 Å². The van der Waals surface area contributed by atoms with Gasteiger partial charge in [-0.05, 0) is 31.9 Å². The smallest absolute Gasteiger partial charge is 0.0859 e. The van der Waals surface area contributed by atoms with E-state index in [0.29, 0.717) is 11.6 Å². The number of nitrogens with one attached hydrogen (secondary N) is 1. The number of hydrogen-bond donors (Lipinski definition) is 2. The first-order valence-corrected chi connectivity index (χ1v) is 6.31. The van der Waals surface area contributed by atoms with E-state index >= 15 is 0 Å². The minimum atomic E-state index is -0.367. The third kappa shape index (κ3) is 3.19. The van der Waals surface area contributed by atoms with Gasteiger partial charge in [0.1, 0.15) is 0 Å². The molecule has 0 fully saturated rings. The molecule has 0 saturated heterocycles. The van der Waals surface area contributed by atoms with Crippen molar-refractivity contribution >= 4 is 11.6 Å². The second-order valence-electron chi connectivity index (χ2n) is 4.22. The Morgan fingerprint density at radius 3 is 2.53 bits per heavy atom. The molecule has 0 amide bonds. The maximum atomic E-state index is 6.21. The Morgan fingerprint density at radius 1 is 1.41 bits per heavy atom. The SMILES string of the molecule is CCOC(C)(CC)C(NN)c1ccccc1Cl. The third-order valence-corrected chi connectivity index (χ3v) is 3.51. The van der Waals surface area contributed by atoms with Gasteiger partial charge in [0.15, 0.2) is 0 Å². The average Bonchev–Trinajstić information content (AvgIpc) is 2.33. The Morgan fingerprint density at radius 2 is 2.06 bits per heavy atom. The summed E-state index contributed by atoms with van der Waals surface area (Å²) < 4.78 is 5.84. The van der Waals surface area contributed by atoms with Crippen molar-refractivity contribution in [2.24, 2.45) is 5.84 Å². The average molecular weight is 257 g/mol. The first kappa shape index (κ1) is 14.5. The van der Waals surface area contributed by atoms with Gasteiger partial charge in [-0.25, -0.2) is 0 Å². The van der Waals surface area contributed by atoms with Gasteiger partial charge in [0.2, 0.25) is 0 Å². The molecule has 2 unspecified atom stereocenters. The first-order chi connectivity index (χ1) is 8.09. The lowest BCUT2D eigenvalue weighted by atomic mass is 9.88. The van der Waals surface area contributed by atoms with Gasteiger partial charge in [0, 0.05) is 11.6 Å². The molecule has 0 bridgehead atoms. The summed E-state index contributed by atoms with van der Waals surface area (Å²) in [6.45, 7) is 6.75. The second-order valence-corrected chi connectivity index (χ2v) is 4.63. The van der Waals surface area contributed by atoms with Crippen LogP contribution >= 0.6 is 11.6 Å². The van der Waals surface area contributed by atoms with E-state index in [2.05, 4.69) is 12.3 Å². The lowest BCUT2D eigenvalue weighted by molar-refractivity contribution is -0.0563. The molecule has 1 rings (SSSR count). The molecular formula is C13H21ClN2O. The number of nitrogens with two attached hydrogens (primary N) is 1. The van der Waals surface area contributed by atoms with E-state index in [1.165, 1.54) is 0 Å². The van der Waals surface area contributed by atoms with Crippen LogP contribution in [0.4, 0.5) is 0 Å². The van der Waals surface area contributed by atoms with Crippen LogP contribution in [0.15, 0.2) is 24.3 Å². The Bertz CT molecular complexity index is 359. The quantitative estimate of drug-likeness (QED) is 0.608. The molecule has 0 aliphatic rings. The number of halogens is 1. The van der Waals surface area contributed by atoms with Crippen LogP contribution in [0.5, 0.6) is 0 Å². The van der Waals surface area contributed by atoms with Crippen molar-refractivity contribution in [2.45, 2.75) is 38.8 Å². The molecule has 96 valence electrons. The molecule has 0 aliphatic carbocycles. The maximum absolute atomic E-state index is 6.21. The van der Waals surface area contributed by atoms with Crippen LogP contribution in [0, 0.1) is 0 Å². The highest BCUT2D eigenvalue weighted by Crippen LogP contribution is 2.34. The van der Waals surface area contributed by atoms with Crippen LogP contribution in [-0.4, -0.2) is 12.2 Å². The van der Waals surface area contributed by atoms with Crippen molar-refractivity contribution < 1.29 is 4.74 Å². The van der Waals surface area contributed by atoms with Crippen molar-refractivity contribution in [3.8, 4) is 0 Å². The third-order valence-electron chi connectivity index (χ3n) is 3.17. The lowest BCUT2D eigenvalue weighted by Gasteiger charge is -2.37. The summed E-state index contributed by atoms with van der Waals surface area (Å²) in [5.41, 5.74) is 3.43. The van der Waals surface area contributed by atoms with E-state index in [9.17, 15) is 0 Å². The zero-order chi connectivity index (χ0) is 12.9. The molecule has 0 aliphatic heterocycles. The molecule has 0 saturated carbocycles. The van der Waals surface area contributed by atoms with E-state index in [1.54, 1.807) is 0 Å². The predicted octanol–water partition coefficient (Wildman–Crippen LogP) is 3.05. The molecular weight excluding hydrogens is 236 g/mol. The van der Waals surface area contributed by atoms with Gasteiger partial charge in [0.25, 0.3) is 0 Å². The van der Waals surface area contributed by atoms with Crippen molar-refractivity contribution in [1.82, 2.24) is 5.43 Å². The van der Waals surface area contributed by atoms with Crippen molar-refractivity contribution in [3.63, 3.8) is 0 Å². The molecule has 1 aromatic carbocycles. The summed E-state index contributed by atoms with van der Waals surface area (Å²) in [5, 5.41) is 0.704. The van der Waals surface area contributed by atoms with Crippen LogP contribution in [0.1, 0.15) is 38.8 Å². The molecule has 3 N–H and O–H groups in total. The fraction of sp³-hybridized carbons (Fsp3) is 0.538. The van der Waals surface area contributed by atoms with Gasteiger partial charge < -0.3 is 4.74 Å². The van der Waals surface area contributed by atoms with Crippen molar-refractivity contribution in [1.29, 1.82) is 0 Å². The molecule has 4 heteroatoms. The highest BCUT2D eigenvalue weighted by atomic mass is 35.5. The highest BCUT2D eigenvalue weighted by Gasteiger charge is 2.34. The van der Waals surface area contributed by atoms with Gasteiger partial charge >= 0.3 is 0 Å². The Hall–Kier alpha value is -0.610. The first-order valence-electron chi connectivity index (χ1n) is 5.93. The Kier molecular flexibility index (Phi) is 5.40. The summed E-state index contributed by atoms with van der Waals surface area (Å²) in [4.78, 5) is 0. The van der Waals surface area contributed by atoms with Gasteiger partial charge in [0.05, 0.1) is 11.6 Å². The number of rotatable bonds is 6. The zero-order valence-electron chi connectivity index (χ0n) is 10.7. The molecule has 0 radical (unpaired) electrons. The summed E-state index contributed by atoms with van der Waals surface area (Å²) >= 11 is 6.21. The summed E-state index contributed by atoms with van der Waals surface area (Å²) in [5.74, 6) is 5.68. The molecule has 0 heterocycles. The van der Waals surface area contributed by atoms with E-state index in [4.69, 9.17) is 22.2 Å². The molecule has 3 nitrogen and oxygen atoms in total. The largest absolute Gasteiger partial charge is 0.374 e. The van der Waals surface area contributed by atoms with E-state index < -0.39 is 0 Å². The monoisotopic (exact) mass is 256 g/mol.